The predicted octanol–water partition coefficient (Wildman–Crippen LogP) is 3.28. The van der Waals surface area contributed by atoms with Crippen molar-refractivity contribution in [1.29, 1.82) is 0 Å². The van der Waals surface area contributed by atoms with Crippen LogP contribution in [0.5, 0.6) is 0 Å². The van der Waals surface area contributed by atoms with Gasteiger partial charge in [-0.25, -0.2) is 4.39 Å². The molecule has 1 aromatic carbocycles. The molecule has 1 spiro atoms. The molecule has 2 aromatic rings. The van der Waals surface area contributed by atoms with Crippen molar-refractivity contribution in [2.75, 3.05) is 6.61 Å². The molecule has 1 saturated heterocycles. The van der Waals surface area contributed by atoms with Crippen molar-refractivity contribution < 1.29 is 18.7 Å². The van der Waals surface area contributed by atoms with E-state index in [1.165, 1.54) is 17.0 Å². The first-order chi connectivity index (χ1) is 14.5. The molecule has 1 N–H and O–H groups in total. The standard InChI is InChI=1S/C23H26FN3O3/c1-16-6-4-10-23(12-16)27(22(29)18-8-2-3-9-19(18)24)20(15-30-23)21(28)26-14-17-7-5-11-25-13-17/h2-3,5,7-9,11,13,16,20H,4,6,10,12,14-15H2,1H3,(H,26,28)/t16-,20-,23-/m1/s1. The molecule has 3 atom stereocenters. The summed E-state index contributed by atoms with van der Waals surface area (Å²) in [5.41, 5.74) is -0.0451. The first kappa shape index (κ1) is 20.5. The van der Waals surface area contributed by atoms with Crippen LogP contribution in [-0.2, 0) is 16.1 Å². The van der Waals surface area contributed by atoms with E-state index in [2.05, 4.69) is 17.2 Å². The van der Waals surface area contributed by atoms with Crippen molar-refractivity contribution >= 4 is 11.8 Å². The van der Waals surface area contributed by atoms with E-state index in [1.807, 2.05) is 6.07 Å². The lowest BCUT2D eigenvalue weighted by Gasteiger charge is -2.43. The average Bonchev–Trinajstić information content (AvgIpc) is 3.10. The monoisotopic (exact) mass is 411 g/mol. The fraction of sp³-hybridized carbons (Fsp3) is 0.435. The van der Waals surface area contributed by atoms with Crippen molar-refractivity contribution in [2.45, 2.75) is 50.9 Å². The van der Waals surface area contributed by atoms with Crippen LogP contribution >= 0.6 is 0 Å². The number of amides is 2. The van der Waals surface area contributed by atoms with E-state index in [0.29, 0.717) is 25.3 Å². The summed E-state index contributed by atoms with van der Waals surface area (Å²) in [6.45, 7) is 2.52. The second kappa shape index (κ2) is 8.52. The Balaban J connectivity index is 1.61. The number of benzene rings is 1. The number of ether oxygens (including phenoxy) is 1. The summed E-state index contributed by atoms with van der Waals surface area (Å²) in [7, 11) is 0. The second-order valence-corrected chi connectivity index (χ2v) is 8.21. The Kier molecular flexibility index (Phi) is 5.81. The summed E-state index contributed by atoms with van der Waals surface area (Å²) in [4.78, 5) is 32.1. The molecule has 1 aliphatic heterocycles. The van der Waals surface area contributed by atoms with Crippen molar-refractivity contribution in [2.24, 2.45) is 5.92 Å². The average molecular weight is 411 g/mol. The Morgan fingerprint density at radius 1 is 1.30 bits per heavy atom. The van der Waals surface area contributed by atoms with Gasteiger partial charge in [0.1, 0.15) is 17.6 Å². The summed E-state index contributed by atoms with van der Waals surface area (Å²) in [5.74, 6) is -1.05. The van der Waals surface area contributed by atoms with E-state index in [-0.39, 0.29) is 18.1 Å². The highest BCUT2D eigenvalue weighted by atomic mass is 19.1. The fourth-order valence-corrected chi connectivity index (χ4v) is 4.58. The van der Waals surface area contributed by atoms with Crippen molar-refractivity contribution in [3.63, 3.8) is 0 Å². The Bertz CT molecular complexity index is 923. The smallest absolute Gasteiger partial charge is 0.259 e. The van der Waals surface area contributed by atoms with Gasteiger partial charge in [0.25, 0.3) is 5.91 Å². The van der Waals surface area contributed by atoms with Gasteiger partial charge in [-0.2, -0.15) is 0 Å². The highest BCUT2D eigenvalue weighted by Crippen LogP contribution is 2.43. The van der Waals surface area contributed by atoms with Gasteiger partial charge in [0, 0.05) is 18.9 Å². The highest BCUT2D eigenvalue weighted by Gasteiger charge is 2.54. The van der Waals surface area contributed by atoms with Crippen LogP contribution in [0.15, 0.2) is 48.8 Å². The molecule has 4 rings (SSSR count). The Labute approximate surface area is 175 Å². The number of aromatic nitrogens is 1. The number of pyridine rings is 1. The normalized spacial score (nSPS) is 26.0. The summed E-state index contributed by atoms with van der Waals surface area (Å²) < 4.78 is 20.6. The molecule has 2 amide bonds. The van der Waals surface area contributed by atoms with E-state index in [1.54, 1.807) is 30.6 Å². The first-order valence-electron chi connectivity index (χ1n) is 10.4. The third-order valence-corrected chi connectivity index (χ3v) is 6.01. The van der Waals surface area contributed by atoms with Crippen LogP contribution in [0.3, 0.4) is 0 Å². The Morgan fingerprint density at radius 3 is 2.87 bits per heavy atom. The fourth-order valence-electron chi connectivity index (χ4n) is 4.58. The number of rotatable bonds is 4. The lowest BCUT2D eigenvalue weighted by atomic mass is 9.83. The van der Waals surface area contributed by atoms with Gasteiger partial charge in [-0.05, 0) is 48.9 Å². The van der Waals surface area contributed by atoms with Crippen molar-refractivity contribution in [3.05, 3.63) is 65.7 Å². The molecule has 1 aromatic heterocycles. The van der Waals surface area contributed by atoms with Gasteiger partial charge in [0.2, 0.25) is 5.91 Å². The van der Waals surface area contributed by atoms with Crippen LogP contribution in [0.4, 0.5) is 4.39 Å². The van der Waals surface area contributed by atoms with Crippen LogP contribution < -0.4 is 5.32 Å². The number of carbonyl (C=O) groups is 2. The Morgan fingerprint density at radius 2 is 2.13 bits per heavy atom. The highest BCUT2D eigenvalue weighted by molar-refractivity contribution is 5.98. The minimum Gasteiger partial charge on any atom is -0.353 e. The third kappa shape index (κ3) is 3.94. The minimum absolute atomic E-state index is 0.0364. The van der Waals surface area contributed by atoms with E-state index in [4.69, 9.17) is 4.74 Å². The Hall–Kier alpha value is -2.80. The zero-order chi connectivity index (χ0) is 21.1. The minimum atomic E-state index is -0.868. The molecule has 1 aliphatic carbocycles. The zero-order valence-electron chi connectivity index (χ0n) is 17.0. The maximum Gasteiger partial charge on any atom is 0.259 e. The largest absolute Gasteiger partial charge is 0.353 e. The van der Waals surface area contributed by atoms with Crippen molar-refractivity contribution in [1.82, 2.24) is 15.2 Å². The first-order valence-corrected chi connectivity index (χ1v) is 10.4. The van der Waals surface area contributed by atoms with Gasteiger partial charge in [0.15, 0.2) is 0 Å². The van der Waals surface area contributed by atoms with Crippen molar-refractivity contribution in [3.8, 4) is 0 Å². The molecule has 30 heavy (non-hydrogen) atoms. The molecule has 0 unspecified atom stereocenters. The van der Waals surface area contributed by atoms with Gasteiger partial charge in [0.05, 0.1) is 12.2 Å². The van der Waals surface area contributed by atoms with Gasteiger partial charge >= 0.3 is 0 Å². The van der Waals surface area contributed by atoms with E-state index < -0.39 is 23.5 Å². The molecule has 2 heterocycles. The number of hydrogen-bond acceptors (Lipinski definition) is 4. The molecule has 1 saturated carbocycles. The lowest BCUT2D eigenvalue weighted by molar-refractivity contribution is -0.128. The number of nitrogens with one attached hydrogen (secondary N) is 1. The quantitative estimate of drug-likeness (QED) is 0.838. The number of nitrogens with zero attached hydrogens (tertiary/aromatic N) is 2. The summed E-state index contributed by atoms with van der Waals surface area (Å²) in [6.07, 6.45) is 6.57. The maximum absolute atomic E-state index is 14.4. The summed E-state index contributed by atoms with van der Waals surface area (Å²) in [6, 6.07) is 8.75. The summed E-state index contributed by atoms with van der Waals surface area (Å²) >= 11 is 0. The van der Waals surface area contributed by atoms with Crippen LogP contribution in [0.25, 0.3) is 0 Å². The molecule has 2 fully saturated rings. The van der Waals surface area contributed by atoms with Gasteiger partial charge in [-0.1, -0.05) is 31.5 Å². The third-order valence-electron chi connectivity index (χ3n) is 6.01. The molecule has 158 valence electrons. The summed E-state index contributed by atoms with van der Waals surface area (Å²) in [5, 5.41) is 2.88. The zero-order valence-corrected chi connectivity index (χ0v) is 17.0. The van der Waals surface area contributed by atoms with Gasteiger partial charge < -0.3 is 10.1 Å². The van der Waals surface area contributed by atoms with E-state index >= 15 is 0 Å². The molecule has 7 heteroatoms. The molecular formula is C23H26FN3O3. The second-order valence-electron chi connectivity index (χ2n) is 8.21. The molecular weight excluding hydrogens is 385 g/mol. The van der Waals surface area contributed by atoms with Crippen LogP contribution in [0.2, 0.25) is 0 Å². The van der Waals surface area contributed by atoms with E-state index in [9.17, 15) is 14.0 Å². The molecule has 2 aliphatic rings. The number of carbonyl (C=O) groups excluding carboxylic acids is 2. The predicted molar refractivity (Wildman–Crippen MR) is 109 cm³/mol. The number of halogens is 1. The lowest BCUT2D eigenvalue weighted by Crippen LogP contribution is -2.57. The van der Waals surface area contributed by atoms with Crippen LogP contribution in [0, 0.1) is 11.7 Å². The van der Waals surface area contributed by atoms with E-state index in [0.717, 1.165) is 18.4 Å². The topological polar surface area (TPSA) is 71.5 Å². The van der Waals surface area contributed by atoms with Gasteiger partial charge in [-0.3, -0.25) is 19.5 Å². The van der Waals surface area contributed by atoms with Crippen LogP contribution in [-0.4, -0.2) is 40.1 Å². The maximum atomic E-state index is 14.4. The molecule has 0 bridgehead atoms. The SMILES string of the molecule is C[C@@H]1CCC[C@]2(C1)OC[C@H](C(=O)NCc1cccnc1)N2C(=O)c1ccccc1F. The molecule has 6 nitrogen and oxygen atoms in total. The van der Waals surface area contributed by atoms with Gasteiger partial charge in [-0.15, -0.1) is 0 Å². The molecule has 0 radical (unpaired) electrons. The number of hydrogen-bond donors (Lipinski definition) is 1. The van der Waals surface area contributed by atoms with Crippen LogP contribution in [0.1, 0.15) is 48.5 Å².